The summed E-state index contributed by atoms with van der Waals surface area (Å²) in [4.78, 5) is 22.7. The van der Waals surface area contributed by atoms with Crippen molar-refractivity contribution in [3.8, 4) is 0 Å². The maximum Gasteiger partial charge on any atom is 0.243 e. The quantitative estimate of drug-likeness (QED) is 0.578. The minimum Gasteiger partial charge on any atom is -0.394 e. The van der Waals surface area contributed by atoms with Gasteiger partial charge >= 0.3 is 0 Å². The van der Waals surface area contributed by atoms with E-state index in [9.17, 15) is 14.7 Å². The predicted octanol–water partition coefficient (Wildman–Crippen LogP) is -0.704. The topological polar surface area (TPSA) is 78.4 Å². The minimum atomic E-state index is -0.412. The molecule has 0 aromatic heterocycles. The molecule has 0 spiro atoms. The first-order valence-corrected chi connectivity index (χ1v) is 5.37. The van der Waals surface area contributed by atoms with Crippen molar-refractivity contribution in [2.75, 3.05) is 6.61 Å². The fourth-order valence-corrected chi connectivity index (χ4v) is 2.09. The zero-order chi connectivity index (χ0) is 10.9. The summed E-state index contributed by atoms with van der Waals surface area (Å²) in [5, 5.41) is 14.6. The van der Waals surface area contributed by atoms with Crippen molar-refractivity contribution in [1.29, 1.82) is 0 Å². The average Bonchev–Trinajstić information content (AvgIpc) is 2.58. The molecule has 2 fully saturated rings. The maximum absolute atomic E-state index is 11.7. The fourth-order valence-electron chi connectivity index (χ4n) is 2.09. The van der Waals surface area contributed by atoms with E-state index < -0.39 is 11.6 Å². The van der Waals surface area contributed by atoms with E-state index in [0.29, 0.717) is 12.8 Å². The summed E-state index contributed by atoms with van der Waals surface area (Å²) in [6.07, 6.45) is 3.68. The zero-order valence-electron chi connectivity index (χ0n) is 8.58. The minimum absolute atomic E-state index is 0.0145. The molecule has 0 aromatic rings. The van der Waals surface area contributed by atoms with Crippen molar-refractivity contribution in [3.63, 3.8) is 0 Å². The Kier molecular flexibility index (Phi) is 2.65. The second-order valence-corrected chi connectivity index (χ2v) is 4.44. The lowest BCUT2D eigenvalue weighted by molar-refractivity contribution is -0.128. The highest BCUT2D eigenvalue weighted by molar-refractivity contribution is 5.91. The van der Waals surface area contributed by atoms with Crippen LogP contribution in [-0.4, -0.2) is 35.1 Å². The average molecular weight is 212 g/mol. The molecule has 5 heteroatoms. The van der Waals surface area contributed by atoms with Crippen LogP contribution in [0.15, 0.2) is 0 Å². The molecule has 0 radical (unpaired) electrons. The SMILES string of the molecule is O=C1CC[C@H](C(=O)NC2(CO)CCC2)N1. The number of hydrogen-bond acceptors (Lipinski definition) is 3. The van der Waals surface area contributed by atoms with E-state index in [0.717, 1.165) is 19.3 Å². The Labute approximate surface area is 88.2 Å². The second-order valence-electron chi connectivity index (χ2n) is 4.44. The Morgan fingerprint density at radius 3 is 2.73 bits per heavy atom. The van der Waals surface area contributed by atoms with Crippen molar-refractivity contribution >= 4 is 11.8 Å². The number of amides is 2. The van der Waals surface area contributed by atoms with Crippen LogP contribution in [0.3, 0.4) is 0 Å². The molecule has 1 saturated carbocycles. The number of aliphatic hydroxyl groups excluding tert-OH is 1. The molecule has 2 amide bonds. The molecule has 0 aromatic carbocycles. The first-order valence-electron chi connectivity index (χ1n) is 5.37. The summed E-state index contributed by atoms with van der Waals surface area (Å²) in [6.45, 7) is -0.0145. The Morgan fingerprint density at radius 1 is 1.60 bits per heavy atom. The van der Waals surface area contributed by atoms with Crippen LogP contribution in [0.4, 0.5) is 0 Å². The lowest BCUT2D eigenvalue weighted by atomic mass is 9.77. The van der Waals surface area contributed by atoms with Crippen LogP contribution in [0.1, 0.15) is 32.1 Å². The van der Waals surface area contributed by atoms with E-state index in [2.05, 4.69) is 10.6 Å². The highest BCUT2D eigenvalue weighted by Crippen LogP contribution is 2.31. The van der Waals surface area contributed by atoms with Crippen LogP contribution in [0.25, 0.3) is 0 Å². The third-order valence-electron chi connectivity index (χ3n) is 3.31. The Bertz CT molecular complexity index is 281. The van der Waals surface area contributed by atoms with E-state index in [1.54, 1.807) is 0 Å². The standard InChI is InChI=1S/C10H16N2O3/c13-6-10(4-1-5-10)12-9(15)7-2-3-8(14)11-7/h7,13H,1-6H2,(H,11,14)(H,12,15)/t7-/m1/s1. The maximum atomic E-state index is 11.7. The third-order valence-corrected chi connectivity index (χ3v) is 3.31. The van der Waals surface area contributed by atoms with Gasteiger partial charge in [0.1, 0.15) is 6.04 Å². The largest absolute Gasteiger partial charge is 0.394 e. The number of aliphatic hydroxyl groups is 1. The molecule has 5 nitrogen and oxygen atoms in total. The van der Waals surface area contributed by atoms with Gasteiger partial charge in [0, 0.05) is 6.42 Å². The van der Waals surface area contributed by atoms with E-state index in [-0.39, 0.29) is 18.4 Å². The number of nitrogens with one attached hydrogen (secondary N) is 2. The molecule has 1 aliphatic carbocycles. The molecule has 0 unspecified atom stereocenters. The molecule has 1 atom stereocenters. The summed E-state index contributed by atoms with van der Waals surface area (Å²) in [6, 6.07) is -0.401. The van der Waals surface area contributed by atoms with E-state index in [4.69, 9.17) is 0 Å². The van der Waals surface area contributed by atoms with Gasteiger partial charge in [0.25, 0.3) is 0 Å². The molecule has 0 bridgehead atoms. The van der Waals surface area contributed by atoms with Crippen LogP contribution in [0.2, 0.25) is 0 Å². The zero-order valence-corrected chi connectivity index (χ0v) is 8.58. The molecule has 2 rings (SSSR count). The molecule has 2 aliphatic rings. The van der Waals surface area contributed by atoms with Gasteiger partial charge in [0.15, 0.2) is 0 Å². The van der Waals surface area contributed by atoms with Gasteiger partial charge in [-0.1, -0.05) is 0 Å². The second kappa shape index (κ2) is 3.81. The van der Waals surface area contributed by atoms with Gasteiger partial charge in [0.05, 0.1) is 12.1 Å². The van der Waals surface area contributed by atoms with Gasteiger partial charge in [0.2, 0.25) is 11.8 Å². The monoisotopic (exact) mass is 212 g/mol. The lowest BCUT2D eigenvalue weighted by Crippen LogP contribution is -2.59. The van der Waals surface area contributed by atoms with Gasteiger partial charge in [-0.2, -0.15) is 0 Å². The molecular formula is C10H16N2O3. The lowest BCUT2D eigenvalue weighted by Gasteiger charge is -2.41. The summed E-state index contributed by atoms with van der Waals surface area (Å²) < 4.78 is 0. The Hall–Kier alpha value is -1.10. The van der Waals surface area contributed by atoms with Crippen molar-refractivity contribution in [1.82, 2.24) is 10.6 Å². The van der Waals surface area contributed by atoms with Crippen molar-refractivity contribution in [3.05, 3.63) is 0 Å². The van der Waals surface area contributed by atoms with Crippen molar-refractivity contribution < 1.29 is 14.7 Å². The van der Waals surface area contributed by atoms with E-state index in [1.807, 2.05) is 0 Å². The third kappa shape index (κ3) is 1.97. The molecular weight excluding hydrogens is 196 g/mol. The van der Waals surface area contributed by atoms with Gasteiger partial charge in [-0.05, 0) is 25.7 Å². The Morgan fingerprint density at radius 2 is 2.33 bits per heavy atom. The summed E-state index contributed by atoms with van der Waals surface area (Å²) >= 11 is 0. The number of rotatable bonds is 3. The highest BCUT2D eigenvalue weighted by atomic mass is 16.3. The normalized spacial score (nSPS) is 28.1. The van der Waals surface area contributed by atoms with Crippen LogP contribution < -0.4 is 10.6 Å². The van der Waals surface area contributed by atoms with Crippen LogP contribution in [0.5, 0.6) is 0 Å². The first-order chi connectivity index (χ1) is 7.15. The van der Waals surface area contributed by atoms with Crippen molar-refractivity contribution in [2.24, 2.45) is 0 Å². The van der Waals surface area contributed by atoms with Gasteiger partial charge in [-0.25, -0.2) is 0 Å². The summed E-state index contributed by atoms with van der Waals surface area (Å²) in [7, 11) is 0. The van der Waals surface area contributed by atoms with Crippen LogP contribution >= 0.6 is 0 Å². The summed E-state index contributed by atoms with van der Waals surface area (Å²) in [5.74, 6) is -0.226. The van der Waals surface area contributed by atoms with Crippen molar-refractivity contribution in [2.45, 2.75) is 43.7 Å². The van der Waals surface area contributed by atoms with Crippen LogP contribution in [0, 0.1) is 0 Å². The molecule has 84 valence electrons. The van der Waals surface area contributed by atoms with E-state index in [1.165, 1.54) is 0 Å². The summed E-state index contributed by atoms with van der Waals surface area (Å²) in [5.41, 5.74) is -0.412. The highest BCUT2D eigenvalue weighted by Gasteiger charge is 2.40. The predicted molar refractivity (Wildman–Crippen MR) is 53.0 cm³/mol. The van der Waals surface area contributed by atoms with Gasteiger partial charge < -0.3 is 15.7 Å². The van der Waals surface area contributed by atoms with Gasteiger partial charge in [-0.3, -0.25) is 9.59 Å². The number of hydrogen-bond donors (Lipinski definition) is 3. The molecule has 1 aliphatic heterocycles. The number of carbonyl (C=O) groups excluding carboxylic acids is 2. The first kappa shape index (κ1) is 10.4. The van der Waals surface area contributed by atoms with E-state index >= 15 is 0 Å². The number of carbonyl (C=O) groups is 2. The van der Waals surface area contributed by atoms with Crippen LogP contribution in [-0.2, 0) is 9.59 Å². The molecule has 1 saturated heterocycles. The van der Waals surface area contributed by atoms with Gasteiger partial charge in [-0.15, -0.1) is 0 Å². The smallest absolute Gasteiger partial charge is 0.243 e. The Balaban J connectivity index is 1.89. The fraction of sp³-hybridized carbons (Fsp3) is 0.800. The molecule has 15 heavy (non-hydrogen) atoms. The molecule has 3 N–H and O–H groups in total. The molecule has 1 heterocycles.